The first-order valence-corrected chi connectivity index (χ1v) is 6.01. The van der Waals surface area contributed by atoms with Crippen molar-refractivity contribution in [3.63, 3.8) is 0 Å². The van der Waals surface area contributed by atoms with Crippen LogP contribution >= 0.6 is 0 Å². The predicted octanol–water partition coefficient (Wildman–Crippen LogP) is 0.522. The second-order valence-corrected chi connectivity index (χ2v) is 5.78. The molecule has 0 saturated carbocycles. The van der Waals surface area contributed by atoms with Crippen molar-refractivity contribution in [3.8, 4) is 0 Å². The van der Waals surface area contributed by atoms with E-state index >= 15 is 0 Å². The zero-order valence-electron chi connectivity index (χ0n) is 11.2. The van der Waals surface area contributed by atoms with Crippen molar-refractivity contribution in [2.45, 2.75) is 39.3 Å². The Morgan fingerprint density at radius 2 is 2.06 bits per heavy atom. The molecule has 16 heavy (non-hydrogen) atoms. The molecule has 0 spiro atoms. The zero-order valence-corrected chi connectivity index (χ0v) is 11.2. The fourth-order valence-electron chi connectivity index (χ4n) is 2.30. The normalized spacial score (nSPS) is 26.6. The largest absolute Gasteiger partial charge is 0.338 e. The number of nitrogens with two attached hydrogens (primary N) is 1. The van der Waals surface area contributed by atoms with Crippen molar-refractivity contribution in [1.29, 1.82) is 0 Å². The summed E-state index contributed by atoms with van der Waals surface area (Å²) in [5, 5.41) is 0. The Labute approximate surface area is 98.8 Å². The van der Waals surface area contributed by atoms with E-state index < -0.39 is 0 Å². The van der Waals surface area contributed by atoms with E-state index in [-0.39, 0.29) is 17.5 Å². The van der Waals surface area contributed by atoms with Crippen LogP contribution in [0, 0.1) is 5.92 Å². The summed E-state index contributed by atoms with van der Waals surface area (Å²) in [4.78, 5) is 16.2. The van der Waals surface area contributed by atoms with Crippen molar-refractivity contribution >= 4 is 5.91 Å². The Morgan fingerprint density at radius 1 is 1.50 bits per heavy atom. The van der Waals surface area contributed by atoms with Gasteiger partial charge in [-0.1, -0.05) is 13.8 Å². The number of likely N-dealkylation sites (N-methyl/N-ethyl adjacent to an activating group) is 1. The zero-order chi connectivity index (χ0) is 12.5. The summed E-state index contributed by atoms with van der Waals surface area (Å²) in [5.74, 6) is 0.709. The Balaban J connectivity index is 2.86. The maximum atomic E-state index is 12.2. The molecular weight excluding hydrogens is 202 g/mol. The third-order valence-electron chi connectivity index (χ3n) is 3.38. The molecule has 1 fully saturated rings. The highest BCUT2D eigenvalue weighted by molar-refractivity contribution is 5.83. The molecular formula is C12H25N3O. The van der Waals surface area contributed by atoms with Crippen molar-refractivity contribution in [2.75, 3.05) is 26.7 Å². The van der Waals surface area contributed by atoms with Crippen LogP contribution in [0.1, 0.15) is 27.7 Å². The highest BCUT2D eigenvalue weighted by Crippen LogP contribution is 2.24. The van der Waals surface area contributed by atoms with E-state index in [1.165, 1.54) is 0 Å². The molecule has 4 nitrogen and oxygen atoms in total. The number of hydrogen-bond donors (Lipinski definition) is 1. The third kappa shape index (κ3) is 2.55. The summed E-state index contributed by atoms with van der Waals surface area (Å²) in [6, 6.07) is -0.138. The van der Waals surface area contributed by atoms with Crippen molar-refractivity contribution in [1.82, 2.24) is 9.80 Å². The van der Waals surface area contributed by atoms with Crippen LogP contribution in [-0.2, 0) is 4.79 Å². The first-order chi connectivity index (χ1) is 7.29. The molecule has 94 valence electrons. The average Bonchev–Trinajstić information content (AvgIpc) is 2.13. The monoisotopic (exact) mass is 227 g/mol. The Bertz CT molecular complexity index is 263. The van der Waals surface area contributed by atoms with Gasteiger partial charge in [0.05, 0.1) is 0 Å². The van der Waals surface area contributed by atoms with E-state index in [1.807, 2.05) is 11.9 Å². The second kappa shape index (κ2) is 4.72. The molecule has 0 aromatic heterocycles. The molecule has 1 heterocycles. The molecule has 1 atom stereocenters. The number of amides is 1. The van der Waals surface area contributed by atoms with Gasteiger partial charge in [0, 0.05) is 32.2 Å². The van der Waals surface area contributed by atoms with Gasteiger partial charge in [-0.25, -0.2) is 0 Å². The minimum absolute atomic E-state index is 0.0996. The fraction of sp³-hybridized carbons (Fsp3) is 0.917. The van der Waals surface area contributed by atoms with Crippen molar-refractivity contribution < 1.29 is 4.79 Å². The van der Waals surface area contributed by atoms with Crippen LogP contribution in [0.15, 0.2) is 0 Å². The predicted molar refractivity (Wildman–Crippen MR) is 66.1 cm³/mol. The minimum atomic E-state index is -0.138. The Kier molecular flexibility index (Phi) is 3.97. The lowest BCUT2D eigenvalue weighted by Crippen LogP contribution is -2.67. The standard InChI is InChI=1S/C12H25N3O/c1-9(2)7-15-8-12(3,4)14(5)11(16)10(15)6-13/h9-10H,6-8,13H2,1-5H3. The van der Waals surface area contributed by atoms with Crippen LogP contribution in [0.2, 0.25) is 0 Å². The van der Waals surface area contributed by atoms with Gasteiger partial charge in [-0.05, 0) is 19.8 Å². The molecule has 2 N–H and O–H groups in total. The third-order valence-corrected chi connectivity index (χ3v) is 3.38. The minimum Gasteiger partial charge on any atom is -0.338 e. The number of hydrogen-bond acceptors (Lipinski definition) is 3. The van der Waals surface area contributed by atoms with Gasteiger partial charge in [0.15, 0.2) is 0 Å². The van der Waals surface area contributed by atoms with E-state index in [9.17, 15) is 4.79 Å². The van der Waals surface area contributed by atoms with Gasteiger partial charge in [0.25, 0.3) is 0 Å². The van der Waals surface area contributed by atoms with E-state index in [2.05, 4.69) is 32.6 Å². The molecule has 1 amide bonds. The van der Waals surface area contributed by atoms with Gasteiger partial charge in [-0.3, -0.25) is 9.69 Å². The molecule has 1 aliphatic rings. The van der Waals surface area contributed by atoms with Gasteiger partial charge in [-0.2, -0.15) is 0 Å². The van der Waals surface area contributed by atoms with Crippen LogP contribution in [0.4, 0.5) is 0 Å². The summed E-state index contributed by atoms with van der Waals surface area (Å²) in [6.07, 6.45) is 0. The van der Waals surface area contributed by atoms with Gasteiger partial charge < -0.3 is 10.6 Å². The summed E-state index contributed by atoms with van der Waals surface area (Å²) in [7, 11) is 1.87. The molecule has 1 unspecified atom stereocenters. The highest BCUT2D eigenvalue weighted by Gasteiger charge is 2.41. The van der Waals surface area contributed by atoms with Gasteiger partial charge in [0.2, 0.25) is 5.91 Å². The number of rotatable bonds is 3. The quantitative estimate of drug-likeness (QED) is 0.765. The number of piperazine rings is 1. The first kappa shape index (κ1) is 13.5. The topological polar surface area (TPSA) is 49.6 Å². The lowest BCUT2D eigenvalue weighted by Gasteiger charge is -2.49. The smallest absolute Gasteiger partial charge is 0.241 e. The molecule has 0 radical (unpaired) electrons. The summed E-state index contributed by atoms with van der Waals surface area (Å²) in [6.45, 7) is 10.8. The molecule has 4 heteroatoms. The first-order valence-electron chi connectivity index (χ1n) is 6.01. The number of nitrogens with zero attached hydrogens (tertiary/aromatic N) is 2. The fourth-order valence-corrected chi connectivity index (χ4v) is 2.30. The maximum absolute atomic E-state index is 12.2. The molecule has 0 aromatic rings. The van der Waals surface area contributed by atoms with Crippen LogP contribution < -0.4 is 5.73 Å². The van der Waals surface area contributed by atoms with Gasteiger partial charge in [0.1, 0.15) is 6.04 Å². The summed E-state index contributed by atoms with van der Waals surface area (Å²) < 4.78 is 0. The van der Waals surface area contributed by atoms with E-state index in [1.54, 1.807) is 0 Å². The molecule has 0 bridgehead atoms. The maximum Gasteiger partial charge on any atom is 0.241 e. The van der Waals surface area contributed by atoms with Crippen molar-refractivity contribution in [3.05, 3.63) is 0 Å². The van der Waals surface area contributed by atoms with E-state index in [4.69, 9.17) is 5.73 Å². The lowest BCUT2D eigenvalue weighted by atomic mass is 9.94. The molecule has 1 saturated heterocycles. The summed E-state index contributed by atoms with van der Waals surface area (Å²) >= 11 is 0. The molecule has 1 aliphatic heterocycles. The Morgan fingerprint density at radius 3 is 2.50 bits per heavy atom. The Hall–Kier alpha value is -0.610. The van der Waals surface area contributed by atoms with Crippen LogP contribution in [0.3, 0.4) is 0 Å². The average molecular weight is 227 g/mol. The van der Waals surface area contributed by atoms with E-state index in [0.29, 0.717) is 12.5 Å². The molecule has 0 aromatic carbocycles. The number of carbonyl (C=O) groups is 1. The molecule has 1 rings (SSSR count). The second-order valence-electron chi connectivity index (χ2n) is 5.78. The van der Waals surface area contributed by atoms with Crippen LogP contribution in [-0.4, -0.2) is 54.0 Å². The lowest BCUT2D eigenvalue weighted by molar-refractivity contribution is -0.148. The summed E-state index contributed by atoms with van der Waals surface area (Å²) in [5.41, 5.74) is 5.62. The number of carbonyl (C=O) groups excluding carboxylic acids is 1. The highest BCUT2D eigenvalue weighted by atomic mass is 16.2. The van der Waals surface area contributed by atoms with Crippen molar-refractivity contribution in [2.24, 2.45) is 11.7 Å². The van der Waals surface area contributed by atoms with Gasteiger partial charge >= 0.3 is 0 Å². The van der Waals surface area contributed by atoms with E-state index in [0.717, 1.165) is 13.1 Å². The molecule has 0 aliphatic carbocycles. The SMILES string of the molecule is CC(C)CN1CC(C)(C)N(C)C(=O)C1CN. The van der Waals surface area contributed by atoms with Gasteiger partial charge in [-0.15, -0.1) is 0 Å². The van der Waals surface area contributed by atoms with Crippen LogP contribution in [0.5, 0.6) is 0 Å². The van der Waals surface area contributed by atoms with Crippen LogP contribution in [0.25, 0.3) is 0 Å².